The van der Waals surface area contributed by atoms with E-state index in [0.29, 0.717) is 11.3 Å². The quantitative estimate of drug-likeness (QED) is 0.566. The molecule has 18 heavy (non-hydrogen) atoms. The molecule has 1 aliphatic carbocycles. The van der Waals surface area contributed by atoms with E-state index in [1.165, 1.54) is 6.92 Å². The molecular formula is C14H20N2O2. The molecule has 1 aromatic rings. The topological polar surface area (TPSA) is 75.3 Å². The summed E-state index contributed by atoms with van der Waals surface area (Å²) in [4.78, 5) is 11.3. The first-order valence-electron chi connectivity index (χ1n) is 6.43. The molecule has 0 spiro atoms. The van der Waals surface area contributed by atoms with Crippen molar-refractivity contribution in [1.82, 2.24) is 0 Å². The zero-order valence-electron chi connectivity index (χ0n) is 10.6. The van der Waals surface area contributed by atoms with Crippen LogP contribution in [0.4, 0.5) is 11.4 Å². The summed E-state index contributed by atoms with van der Waals surface area (Å²) in [6.07, 6.45) is 3.74. The van der Waals surface area contributed by atoms with Crippen molar-refractivity contribution in [1.29, 1.82) is 0 Å². The van der Waals surface area contributed by atoms with Crippen LogP contribution in [0.15, 0.2) is 18.2 Å². The van der Waals surface area contributed by atoms with Crippen molar-refractivity contribution in [3.05, 3.63) is 23.8 Å². The van der Waals surface area contributed by atoms with Crippen LogP contribution in [0, 0.1) is 0 Å². The van der Waals surface area contributed by atoms with E-state index in [0.717, 1.165) is 31.4 Å². The van der Waals surface area contributed by atoms with Crippen LogP contribution in [-0.4, -0.2) is 23.0 Å². The summed E-state index contributed by atoms with van der Waals surface area (Å²) in [6.45, 7) is 1.50. The fourth-order valence-corrected chi connectivity index (χ4v) is 2.47. The molecule has 0 bridgehead atoms. The zero-order chi connectivity index (χ0) is 13.1. The van der Waals surface area contributed by atoms with Crippen molar-refractivity contribution in [2.75, 3.05) is 11.1 Å². The average Bonchev–Trinajstić information content (AvgIpc) is 2.32. The predicted octanol–water partition coefficient (Wildman–Crippen LogP) is 2.19. The lowest BCUT2D eigenvalue weighted by Crippen LogP contribution is -2.36. The molecule has 1 aliphatic rings. The lowest BCUT2D eigenvalue weighted by molar-refractivity contribution is 0.101. The summed E-state index contributed by atoms with van der Waals surface area (Å²) >= 11 is 0. The molecule has 1 saturated carbocycles. The summed E-state index contributed by atoms with van der Waals surface area (Å²) in [5.74, 6) is -0.0308. The van der Waals surface area contributed by atoms with Crippen LogP contribution in [0.25, 0.3) is 0 Å². The Bertz CT molecular complexity index is 445. The van der Waals surface area contributed by atoms with E-state index in [9.17, 15) is 9.90 Å². The first-order valence-corrected chi connectivity index (χ1v) is 6.43. The number of aliphatic hydroxyl groups excluding tert-OH is 1. The Morgan fingerprint density at radius 1 is 1.39 bits per heavy atom. The maximum Gasteiger partial charge on any atom is 0.161 e. The molecule has 4 nitrogen and oxygen atoms in total. The third-order valence-corrected chi connectivity index (χ3v) is 3.51. The molecule has 4 heteroatoms. The van der Waals surface area contributed by atoms with Crippen LogP contribution in [0.3, 0.4) is 0 Å². The van der Waals surface area contributed by atoms with Crippen LogP contribution >= 0.6 is 0 Å². The second kappa shape index (κ2) is 5.40. The summed E-state index contributed by atoms with van der Waals surface area (Å²) in [6, 6.07) is 5.42. The van der Waals surface area contributed by atoms with Gasteiger partial charge in [0.05, 0.1) is 12.1 Å². The van der Waals surface area contributed by atoms with Crippen LogP contribution in [0.1, 0.15) is 43.0 Å². The molecule has 0 amide bonds. The van der Waals surface area contributed by atoms with E-state index in [-0.39, 0.29) is 17.9 Å². The summed E-state index contributed by atoms with van der Waals surface area (Å²) < 4.78 is 0. The van der Waals surface area contributed by atoms with Crippen molar-refractivity contribution >= 4 is 17.2 Å². The van der Waals surface area contributed by atoms with Gasteiger partial charge in [-0.2, -0.15) is 0 Å². The Morgan fingerprint density at radius 3 is 2.72 bits per heavy atom. The van der Waals surface area contributed by atoms with E-state index in [1.807, 2.05) is 6.07 Å². The average molecular weight is 248 g/mol. The lowest BCUT2D eigenvalue weighted by Gasteiger charge is -2.29. The van der Waals surface area contributed by atoms with Crippen molar-refractivity contribution in [2.24, 2.45) is 0 Å². The standard InChI is InChI=1S/C14H20N2O2/c1-9(17)11-7-6-10(8-12(11)15)16-13-4-2-3-5-14(13)18/h6-8,13-14,16,18H,2-5,15H2,1H3. The van der Waals surface area contributed by atoms with Crippen LogP contribution < -0.4 is 11.1 Å². The number of nitrogens with one attached hydrogen (secondary N) is 1. The minimum absolute atomic E-state index is 0.0308. The van der Waals surface area contributed by atoms with E-state index in [1.54, 1.807) is 12.1 Å². The van der Waals surface area contributed by atoms with Gasteiger partial charge in [-0.15, -0.1) is 0 Å². The van der Waals surface area contributed by atoms with Gasteiger partial charge in [0.25, 0.3) is 0 Å². The number of nitrogen functional groups attached to an aromatic ring is 1. The van der Waals surface area contributed by atoms with Gasteiger partial charge in [-0.05, 0) is 38.0 Å². The van der Waals surface area contributed by atoms with Gasteiger partial charge >= 0.3 is 0 Å². The van der Waals surface area contributed by atoms with E-state index in [2.05, 4.69) is 5.32 Å². The van der Waals surface area contributed by atoms with Crippen LogP contribution in [-0.2, 0) is 0 Å². The summed E-state index contributed by atoms with van der Waals surface area (Å²) in [5, 5.41) is 13.2. The fraction of sp³-hybridized carbons (Fsp3) is 0.500. The van der Waals surface area contributed by atoms with Crippen LogP contribution in [0.5, 0.6) is 0 Å². The molecule has 98 valence electrons. The smallest absolute Gasteiger partial charge is 0.161 e. The second-order valence-corrected chi connectivity index (χ2v) is 4.96. The van der Waals surface area contributed by atoms with E-state index >= 15 is 0 Å². The Balaban J connectivity index is 2.10. The number of carbonyl (C=O) groups excluding carboxylic acids is 1. The SMILES string of the molecule is CC(=O)c1ccc(NC2CCCCC2O)cc1N. The lowest BCUT2D eigenvalue weighted by atomic mass is 9.92. The highest BCUT2D eigenvalue weighted by Crippen LogP contribution is 2.24. The van der Waals surface area contributed by atoms with Crippen molar-refractivity contribution in [2.45, 2.75) is 44.8 Å². The maximum absolute atomic E-state index is 11.3. The first kappa shape index (κ1) is 12.9. The third-order valence-electron chi connectivity index (χ3n) is 3.51. The van der Waals surface area contributed by atoms with Gasteiger partial charge in [-0.3, -0.25) is 4.79 Å². The molecule has 2 rings (SSSR count). The Kier molecular flexibility index (Phi) is 3.87. The minimum Gasteiger partial charge on any atom is -0.398 e. The van der Waals surface area contributed by atoms with Gasteiger partial charge in [0, 0.05) is 16.9 Å². The number of Topliss-reactive ketones (excluding diaryl/α,β-unsaturated/α-hetero) is 1. The highest BCUT2D eigenvalue weighted by molar-refractivity contribution is 5.99. The molecule has 1 aromatic carbocycles. The molecule has 0 aromatic heterocycles. The molecule has 0 radical (unpaired) electrons. The molecule has 0 saturated heterocycles. The van der Waals surface area contributed by atoms with Crippen LogP contribution in [0.2, 0.25) is 0 Å². The van der Waals surface area contributed by atoms with Gasteiger partial charge in [-0.25, -0.2) is 0 Å². The number of anilines is 2. The number of benzene rings is 1. The fourth-order valence-electron chi connectivity index (χ4n) is 2.47. The normalized spacial score (nSPS) is 23.7. The van der Waals surface area contributed by atoms with Crippen molar-refractivity contribution in [3.63, 3.8) is 0 Å². The van der Waals surface area contributed by atoms with E-state index in [4.69, 9.17) is 5.73 Å². The van der Waals surface area contributed by atoms with E-state index < -0.39 is 0 Å². The molecule has 0 aliphatic heterocycles. The highest BCUT2D eigenvalue weighted by atomic mass is 16.3. The third kappa shape index (κ3) is 2.82. The summed E-state index contributed by atoms with van der Waals surface area (Å²) in [7, 11) is 0. The van der Waals surface area contributed by atoms with Gasteiger partial charge in [-0.1, -0.05) is 12.8 Å². The molecule has 0 heterocycles. The largest absolute Gasteiger partial charge is 0.398 e. The van der Waals surface area contributed by atoms with Gasteiger partial charge in [0.2, 0.25) is 0 Å². The number of nitrogens with two attached hydrogens (primary N) is 1. The Hall–Kier alpha value is -1.55. The minimum atomic E-state index is -0.299. The Labute approximate surface area is 107 Å². The molecule has 2 atom stereocenters. The first-order chi connectivity index (χ1) is 8.58. The van der Waals surface area contributed by atoms with Gasteiger partial charge < -0.3 is 16.2 Å². The zero-order valence-corrected chi connectivity index (χ0v) is 10.6. The number of rotatable bonds is 3. The number of ketones is 1. The second-order valence-electron chi connectivity index (χ2n) is 4.96. The monoisotopic (exact) mass is 248 g/mol. The number of aliphatic hydroxyl groups is 1. The number of hydrogen-bond acceptors (Lipinski definition) is 4. The van der Waals surface area contributed by atoms with Gasteiger partial charge in [0.15, 0.2) is 5.78 Å². The molecule has 4 N–H and O–H groups in total. The molecular weight excluding hydrogens is 228 g/mol. The number of hydrogen-bond donors (Lipinski definition) is 3. The van der Waals surface area contributed by atoms with Gasteiger partial charge in [0.1, 0.15) is 0 Å². The summed E-state index contributed by atoms with van der Waals surface area (Å²) in [5.41, 5.74) is 7.73. The van der Waals surface area contributed by atoms with Crippen molar-refractivity contribution < 1.29 is 9.90 Å². The van der Waals surface area contributed by atoms with Crippen molar-refractivity contribution in [3.8, 4) is 0 Å². The maximum atomic E-state index is 11.3. The predicted molar refractivity (Wildman–Crippen MR) is 72.7 cm³/mol. The highest BCUT2D eigenvalue weighted by Gasteiger charge is 2.22. The molecule has 1 fully saturated rings. The molecule has 2 unspecified atom stereocenters. The Morgan fingerprint density at radius 2 is 2.11 bits per heavy atom. The number of carbonyl (C=O) groups is 1.